The molecule has 30 heavy (non-hydrogen) atoms. The van der Waals surface area contributed by atoms with Crippen molar-refractivity contribution in [1.29, 1.82) is 0 Å². The van der Waals surface area contributed by atoms with Crippen molar-refractivity contribution in [3.8, 4) is 0 Å². The van der Waals surface area contributed by atoms with Crippen LogP contribution in [0, 0.1) is 16.0 Å². The molecular formula is C23H28N2O5. The smallest absolute Gasteiger partial charge is 0.266 e. The van der Waals surface area contributed by atoms with Crippen molar-refractivity contribution in [3.63, 3.8) is 0 Å². The Hall–Kier alpha value is -3.35. The zero-order chi connectivity index (χ0) is 22.1. The number of nitro groups is 1. The standard InChI is InChI=1S/C21H22N2O5.C2H6/c1-15-10-11-22(13-15)21(24)17-8-9-19(27-2)20(12-18(17)23(25)26)28-14-16-6-4-3-5-7-16;1-2/h3-9,12,17H,1,10-11,13-14H2,2H3;1-2H3. The maximum Gasteiger partial charge on any atom is 0.266 e. The zero-order valence-corrected chi connectivity index (χ0v) is 17.7. The van der Waals surface area contributed by atoms with E-state index in [-0.39, 0.29) is 24.0 Å². The predicted molar refractivity (Wildman–Crippen MR) is 115 cm³/mol. The number of hydrogen-bond donors (Lipinski definition) is 0. The lowest BCUT2D eigenvalue weighted by atomic mass is 10.0. The van der Waals surface area contributed by atoms with Crippen molar-refractivity contribution < 1.29 is 19.2 Å². The number of likely N-dealkylation sites (tertiary alicyclic amines) is 1. The van der Waals surface area contributed by atoms with E-state index in [0.717, 1.165) is 11.1 Å². The van der Waals surface area contributed by atoms with Gasteiger partial charge in [-0.1, -0.05) is 62.4 Å². The van der Waals surface area contributed by atoms with E-state index in [1.165, 1.54) is 19.3 Å². The molecule has 1 atom stereocenters. The van der Waals surface area contributed by atoms with Crippen molar-refractivity contribution in [1.82, 2.24) is 4.90 Å². The second-order valence-electron chi connectivity index (χ2n) is 6.63. The Balaban J connectivity index is 0.00000155. The molecule has 1 aromatic carbocycles. The summed E-state index contributed by atoms with van der Waals surface area (Å²) in [5.74, 6) is -0.784. The van der Waals surface area contributed by atoms with Gasteiger partial charge in [0.05, 0.1) is 18.1 Å². The number of ether oxygens (including phenoxy) is 2. The van der Waals surface area contributed by atoms with Gasteiger partial charge in [-0.2, -0.15) is 0 Å². The number of allylic oxidation sites excluding steroid dienone is 2. The number of hydrogen-bond acceptors (Lipinski definition) is 5. The summed E-state index contributed by atoms with van der Waals surface area (Å²) in [7, 11) is 1.46. The number of benzene rings is 1. The lowest BCUT2D eigenvalue weighted by Gasteiger charge is -2.19. The molecule has 0 radical (unpaired) electrons. The first-order chi connectivity index (χ1) is 14.5. The second-order valence-corrected chi connectivity index (χ2v) is 6.63. The normalized spacial score (nSPS) is 18.2. The van der Waals surface area contributed by atoms with E-state index in [0.29, 0.717) is 25.3 Å². The molecule has 160 valence electrons. The summed E-state index contributed by atoms with van der Waals surface area (Å²) in [4.78, 5) is 25.6. The van der Waals surface area contributed by atoms with Crippen LogP contribution in [0.4, 0.5) is 0 Å². The molecule has 0 N–H and O–H groups in total. The average Bonchev–Trinajstić information content (AvgIpc) is 3.11. The van der Waals surface area contributed by atoms with Crippen LogP contribution in [0.15, 0.2) is 77.9 Å². The lowest BCUT2D eigenvalue weighted by molar-refractivity contribution is -0.430. The van der Waals surface area contributed by atoms with Gasteiger partial charge in [-0.05, 0) is 18.1 Å². The summed E-state index contributed by atoms with van der Waals surface area (Å²) in [6.45, 7) is 9.06. The van der Waals surface area contributed by atoms with Crippen LogP contribution >= 0.6 is 0 Å². The molecule has 0 aromatic heterocycles. The molecule has 1 saturated heterocycles. The fourth-order valence-electron chi connectivity index (χ4n) is 3.16. The Bertz CT molecular complexity index is 871. The van der Waals surface area contributed by atoms with Gasteiger partial charge in [0.1, 0.15) is 12.5 Å². The van der Waals surface area contributed by atoms with E-state index in [9.17, 15) is 14.9 Å². The minimum Gasteiger partial charge on any atom is -0.493 e. The van der Waals surface area contributed by atoms with E-state index in [4.69, 9.17) is 9.47 Å². The van der Waals surface area contributed by atoms with E-state index >= 15 is 0 Å². The highest BCUT2D eigenvalue weighted by molar-refractivity contribution is 5.84. The van der Waals surface area contributed by atoms with Crippen molar-refractivity contribution in [2.45, 2.75) is 26.9 Å². The van der Waals surface area contributed by atoms with Gasteiger partial charge in [-0.15, -0.1) is 0 Å². The van der Waals surface area contributed by atoms with Crippen LogP contribution in [0.3, 0.4) is 0 Å². The Morgan fingerprint density at radius 3 is 2.53 bits per heavy atom. The van der Waals surface area contributed by atoms with Crippen LogP contribution in [0.25, 0.3) is 0 Å². The monoisotopic (exact) mass is 412 g/mol. The van der Waals surface area contributed by atoms with Gasteiger partial charge >= 0.3 is 0 Å². The van der Waals surface area contributed by atoms with Gasteiger partial charge in [-0.25, -0.2) is 0 Å². The van der Waals surface area contributed by atoms with E-state index in [1.54, 1.807) is 11.0 Å². The van der Waals surface area contributed by atoms with Gasteiger partial charge in [0.2, 0.25) is 5.91 Å². The number of rotatable bonds is 6. The molecule has 0 spiro atoms. The van der Waals surface area contributed by atoms with Crippen LogP contribution in [0.5, 0.6) is 0 Å². The zero-order valence-electron chi connectivity index (χ0n) is 17.7. The van der Waals surface area contributed by atoms with Crippen LogP contribution in [0.1, 0.15) is 25.8 Å². The first kappa shape index (κ1) is 22.9. The predicted octanol–water partition coefficient (Wildman–Crippen LogP) is 4.22. The molecule has 0 saturated carbocycles. The van der Waals surface area contributed by atoms with Gasteiger partial charge in [0.15, 0.2) is 11.5 Å². The molecule has 0 bridgehead atoms. The molecule has 1 aromatic rings. The van der Waals surface area contributed by atoms with Gasteiger partial charge in [0.25, 0.3) is 5.70 Å². The Labute approximate surface area is 177 Å². The summed E-state index contributed by atoms with van der Waals surface area (Å²) in [5.41, 5.74) is 1.62. The van der Waals surface area contributed by atoms with Crippen LogP contribution in [-0.2, 0) is 20.9 Å². The Kier molecular flexibility index (Phi) is 8.41. The van der Waals surface area contributed by atoms with Crippen LogP contribution in [0.2, 0.25) is 0 Å². The number of carbonyl (C=O) groups excluding carboxylic acids is 1. The number of nitrogens with zero attached hydrogens (tertiary/aromatic N) is 2. The molecule has 7 nitrogen and oxygen atoms in total. The van der Waals surface area contributed by atoms with E-state index < -0.39 is 10.8 Å². The van der Waals surface area contributed by atoms with Crippen molar-refractivity contribution in [2.75, 3.05) is 20.2 Å². The molecule has 1 heterocycles. The van der Waals surface area contributed by atoms with Crippen molar-refractivity contribution >= 4 is 5.91 Å². The maximum atomic E-state index is 12.9. The molecule has 1 fully saturated rings. The van der Waals surface area contributed by atoms with E-state index in [1.807, 2.05) is 44.2 Å². The van der Waals surface area contributed by atoms with Gasteiger partial charge in [-0.3, -0.25) is 14.9 Å². The summed E-state index contributed by atoms with van der Waals surface area (Å²) in [6.07, 6.45) is 5.05. The minimum absolute atomic E-state index is 0.218. The molecule has 1 aliphatic heterocycles. The summed E-state index contributed by atoms with van der Waals surface area (Å²) in [5, 5.41) is 11.7. The molecule has 1 unspecified atom stereocenters. The molecular weight excluding hydrogens is 384 g/mol. The SMILES string of the molecule is C=C1CCN(C(=O)C2C=CC(OC)=C(OCc3ccccc3)C=C2[N+](=O)[O-])C1.CC. The Morgan fingerprint density at radius 1 is 1.27 bits per heavy atom. The number of amides is 1. The fraction of sp³-hybridized carbons (Fsp3) is 0.348. The Morgan fingerprint density at radius 2 is 1.97 bits per heavy atom. The fourth-order valence-corrected chi connectivity index (χ4v) is 3.16. The van der Waals surface area contributed by atoms with Gasteiger partial charge in [0, 0.05) is 13.1 Å². The largest absolute Gasteiger partial charge is 0.493 e. The molecule has 2 aliphatic rings. The lowest BCUT2D eigenvalue weighted by Crippen LogP contribution is -2.35. The highest BCUT2D eigenvalue weighted by atomic mass is 16.6. The third-order valence-electron chi connectivity index (χ3n) is 4.68. The summed E-state index contributed by atoms with van der Waals surface area (Å²) < 4.78 is 11.1. The minimum atomic E-state index is -1.01. The topological polar surface area (TPSA) is 81.9 Å². The summed E-state index contributed by atoms with van der Waals surface area (Å²) in [6, 6.07) is 9.45. The molecule has 1 aliphatic carbocycles. The number of carbonyl (C=O) groups is 1. The van der Waals surface area contributed by atoms with Gasteiger partial charge < -0.3 is 14.4 Å². The first-order valence-electron chi connectivity index (χ1n) is 9.94. The molecule has 1 amide bonds. The van der Waals surface area contributed by atoms with Crippen LogP contribution in [-0.4, -0.2) is 35.9 Å². The van der Waals surface area contributed by atoms with Crippen LogP contribution < -0.4 is 0 Å². The highest BCUT2D eigenvalue weighted by Gasteiger charge is 2.36. The van der Waals surface area contributed by atoms with Crippen molar-refractivity contribution in [2.24, 2.45) is 5.92 Å². The molecule has 7 heteroatoms. The molecule has 3 rings (SSSR count). The third-order valence-corrected chi connectivity index (χ3v) is 4.68. The maximum absolute atomic E-state index is 12.9. The third kappa shape index (κ3) is 5.59. The number of methoxy groups -OCH3 is 1. The van der Waals surface area contributed by atoms with E-state index in [2.05, 4.69) is 6.58 Å². The summed E-state index contributed by atoms with van der Waals surface area (Å²) >= 11 is 0. The van der Waals surface area contributed by atoms with Crippen molar-refractivity contribution in [3.05, 3.63) is 93.6 Å². The first-order valence-corrected chi connectivity index (χ1v) is 9.94. The quantitative estimate of drug-likeness (QED) is 0.397. The average molecular weight is 412 g/mol. The second kappa shape index (κ2) is 11.0. The highest BCUT2D eigenvalue weighted by Crippen LogP contribution is 2.28.